The molecule has 0 fully saturated rings. The fourth-order valence-electron chi connectivity index (χ4n) is 2.21. The van der Waals surface area contributed by atoms with Gasteiger partial charge in [0.1, 0.15) is 11.9 Å². The molecule has 2 aromatic carbocycles. The van der Waals surface area contributed by atoms with Gasteiger partial charge < -0.3 is 0 Å². The maximum absolute atomic E-state index is 14.1. The van der Waals surface area contributed by atoms with Crippen LogP contribution in [0.2, 0.25) is 0 Å². The van der Waals surface area contributed by atoms with Crippen LogP contribution in [0.3, 0.4) is 0 Å². The van der Waals surface area contributed by atoms with Gasteiger partial charge in [0, 0.05) is 20.9 Å². The monoisotopic (exact) mass is 364 g/mol. The van der Waals surface area contributed by atoms with Crippen LogP contribution >= 0.6 is 11.8 Å². The molecule has 1 aliphatic heterocycles. The number of halogens is 4. The highest BCUT2D eigenvalue weighted by molar-refractivity contribution is 7.99. The first kappa shape index (κ1) is 16.3. The SMILES string of the molecule is O=S(=O)(OC1c2ccccc2Sc2cccc(F)c21)C(F)(F)F. The molecule has 0 saturated carbocycles. The lowest BCUT2D eigenvalue weighted by Crippen LogP contribution is -2.28. The average Bonchev–Trinajstić information content (AvgIpc) is 2.45. The summed E-state index contributed by atoms with van der Waals surface area (Å²) in [5, 5.41) is 0. The van der Waals surface area contributed by atoms with Crippen LogP contribution in [-0.2, 0) is 14.3 Å². The molecule has 0 aromatic heterocycles. The molecular formula is C14H8F4O3S2. The second-order valence-corrected chi connectivity index (χ2v) is 7.32. The lowest BCUT2D eigenvalue weighted by molar-refractivity contribution is -0.0565. The van der Waals surface area contributed by atoms with Gasteiger partial charge >= 0.3 is 15.6 Å². The predicted molar refractivity (Wildman–Crippen MR) is 74.9 cm³/mol. The Morgan fingerprint density at radius 3 is 2.35 bits per heavy atom. The minimum atomic E-state index is -5.88. The molecule has 0 spiro atoms. The Balaban J connectivity index is 2.17. The van der Waals surface area contributed by atoms with Crippen molar-refractivity contribution in [1.82, 2.24) is 0 Å². The molecule has 2 aromatic rings. The lowest BCUT2D eigenvalue weighted by Gasteiger charge is -2.27. The quantitative estimate of drug-likeness (QED) is 0.454. The summed E-state index contributed by atoms with van der Waals surface area (Å²) in [5.74, 6) is -0.827. The maximum Gasteiger partial charge on any atom is 0.523 e. The molecule has 0 aliphatic carbocycles. The Kier molecular flexibility index (Phi) is 3.89. The highest BCUT2D eigenvalue weighted by atomic mass is 32.2. The van der Waals surface area contributed by atoms with Crippen LogP contribution in [0.25, 0.3) is 0 Å². The van der Waals surface area contributed by atoms with Gasteiger partial charge in [-0.1, -0.05) is 36.0 Å². The van der Waals surface area contributed by atoms with E-state index in [2.05, 4.69) is 4.18 Å². The van der Waals surface area contributed by atoms with E-state index in [0.29, 0.717) is 9.79 Å². The van der Waals surface area contributed by atoms with Gasteiger partial charge in [-0.2, -0.15) is 21.6 Å². The second-order valence-electron chi connectivity index (χ2n) is 4.67. The zero-order valence-electron chi connectivity index (χ0n) is 11.2. The number of hydrogen-bond acceptors (Lipinski definition) is 4. The molecule has 1 unspecified atom stereocenters. The van der Waals surface area contributed by atoms with Gasteiger partial charge in [-0.15, -0.1) is 0 Å². The van der Waals surface area contributed by atoms with Gasteiger partial charge in [0.25, 0.3) is 0 Å². The van der Waals surface area contributed by atoms with Crippen molar-refractivity contribution in [3.8, 4) is 0 Å². The van der Waals surface area contributed by atoms with E-state index in [-0.39, 0.29) is 11.1 Å². The number of hydrogen-bond donors (Lipinski definition) is 0. The first-order valence-electron chi connectivity index (χ1n) is 6.25. The molecule has 9 heteroatoms. The van der Waals surface area contributed by atoms with Crippen molar-refractivity contribution in [3.05, 3.63) is 59.4 Å². The molecule has 0 radical (unpaired) electrons. The summed E-state index contributed by atoms with van der Waals surface area (Å²) in [6.07, 6.45) is -1.68. The highest BCUT2D eigenvalue weighted by Crippen LogP contribution is 2.48. The van der Waals surface area contributed by atoms with E-state index < -0.39 is 27.5 Å². The molecule has 3 rings (SSSR count). The van der Waals surface area contributed by atoms with E-state index >= 15 is 0 Å². The fourth-order valence-corrected chi connectivity index (χ4v) is 3.91. The first-order valence-corrected chi connectivity index (χ1v) is 8.48. The van der Waals surface area contributed by atoms with Crippen molar-refractivity contribution in [3.63, 3.8) is 0 Å². The standard InChI is InChI=1S/C14H8F4O3S2/c15-9-5-3-7-11-12(9)13(21-23(19,20)14(16,17)18)8-4-1-2-6-10(8)22-11/h1-7,13H. The summed E-state index contributed by atoms with van der Waals surface area (Å²) in [6, 6.07) is 10.1. The fraction of sp³-hybridized carbons (Fsp3) is 0.143. The van der Waals surface area contributed by atoms with Crippen molar-refractivity contribution in [2.75, 3.05) is 0 Å². The number of rotatable bonds is 2. The summed E-state index contributed by atoms with van der Waals surface area (Å²) in [7, 11) is -5.88. The molecule has 0 amide bonds. The minimum Gasteiger partial charge on any atom is -0.250 e. The van der Waals surface area contributed by atoms with Crippen LogP contribution in [0, 0.1) is 5.82 Å². The largest absolute Gasteiger partial charge is 0.523 e. The molecule has 1 heterocycles. The molecule has 0 bridgehead atoms. The molecular weight excluding hydrogens is 356 g/mol. The molecule has 3 nitrogen and oxygen atoms in total. The van der Waals surface area contributed by atoms with Gasteiger partial charge in [-0.3, -0.25) is 0 Å². The highest BCUT2D eigenvalue weighted by Gasteiger charge is 2.50. The Morgan fingerprint density at radius 2 is 1.65 bits per heavy atom. The second kappa shape index (κ2) is 5.50. The zero-order chi connectivity index (χ0) is 16.8. The van der Waals surface area contributed by atoms with Crippen molar-refractivity contribution >= 4 is 21.9 Å². The van der Waals surface area contributed by atoms with Gasteiger partial charge in [0.15, 0.2) is 0 Å². The van der Waals surface area contributed by atoms with E-state index in [0.717, 1.165) is 17.8 Å². The maximum atomic E-state index is 14.1. The Morgan fingerprint density at radius 1 is 1.00 bits per heavy atom. The molecule has 1 aliphatic rings. The Labute approximate surface area is 133 Å². The van der Waals surface area contributed by atoms with Crippen LogP contribution in [0.4, 0.5) is 17.6 Å². The number of benzene rings is 2. The number of fused-ring (bicyclic) bond motifs is 2. The molecule has 1 atom stereocenters. The predicted octanol–water partition coefficient (Wildman–Crippen LogP) is 4.25. The number of alkyl halides is 3. The van der Waals surface area contributed by atoms with Crippen molar-refractivity contribution in [2.24, 2.45) is 0 Å². The van der Waals surface area contributed by atoms with Crippen LogP contribution < -0.4 is 0 Å². The lowest BCUT2D eigenvalue weighted by atomic mass is 10.0. The van der Waals surface area contributed by atoms with E-state index in [1.165, 1.54) is 24.3 Å². The average molecular weight is 364 g/mol. The molecule has 0 N–H and O–H groups in total. The summed E-state index contributed by atoms with van der Waals surface area (Å²) < 4.78 is 79.1. The van der Waals surface area contributed by atoms with Crippen LogP contribution in [0.5, 0.6) is 0 Å². The topological polar surface area (TPSA) is 43.4 Å². The third-order valence-electron chi connectivity index (χ3n) is 3.20. The zero-order valence-corrected chi connectivity index (χ0v) is 12.8. The van der Waals surface area contributed by atoms with Crippen molar-refractivity contribution in [2.45, 2.75) is 21.4 Å². The summed E-state index contributed by atoms with van der Waals surface area (Å²) in [6.45, 7) is 0. The van der Waals surface area contributed by atoms with Crippen LogP contribution in [0.15, 0.2) is 52.3 Å². The smallest absolute Gasteiger partial charge is 0.250 e. The Bertz CT molecular complexity index is 863. The van der Waals surface area contributed by atoms with E-state index in [1.54, 1.807) is 12.1 Å². The van der Waals surface area contributed by atoms with Gasteiger partial charge in [0.05, 0.1) is 0 Å². The van der Waals surface area contributed by atoms with Crippen LogP contribution in [0.1, 0.15) is 17.2 Å². The Hall–Kier alpha value is -1.58. The minimum absolute atomic E-state index is 0.169. The van der Waals surface area contributed by atoms with Crippen molar-refractivity contribution < 1.29 is 30.2 Å². The van der Waals surface area contributed by atoms with Gasteiger partial charge in [0.2, 0.25) is 0 Å². The molecule has 122 valence electrons. The van der Waals surface area contributed by atoms with Crippen molar-refractivity contribution in [1.29, 1.82) is 0 Å². The summed E-state index contributed by atoms with van der Waals surface area (Å²) in [4.78, 5) is 0.819. The third kappa shape index (κ3) is 2.84. The normalized spacial score (nSPS) is 17.5. The van der Waals surface area contributed by atoms with E-state index in [1.807, 2.05) is 0 Å². The first-order chi connectivity index (χ1) is 10.7. The van der Waals surface area contributed by atoms with Gasteiger partial charge in [-0.25, -0.2) is 8.57 Å². The van der Waals surface area contributed by atoms with E-state index in [9.17, 15) is 26.0 Å². The summed E-state index contributed by atoms with van der Waals surface area (Å²) >= 11 is 1.14. The van der Waals surface area contributed by atoms with Gasteiger partial charge in [-0.05, 0) is 18.2 Å². The summed E-state index contributed by atoms with van der Waals surface area (Å²) in [5.41, 5.74) is -5.63. The third-order valence-corrected chi connectivity index (χ3v) is 5.38. The van der Waals surface area contributed by atoms with Crippen LogP contribution in [-0.4, -0.2) is 13.9 Å². The molecule has 23 heavy (non-hydrogen) atoms. The molecule has 0 saturated heterocycles. The van der Waals surface area contributed by atoms with E-state index in [4.69, 9.17) is 0 Å².